The van der Waals surface area contributed by atoms with Crippen molar-refractivity contribution in [2.45, 2.75) is 26.7 Å². The molecule has 0 aliphatic carbocycles. The number of rotatable bonds is 1. The van der Waals surface area contributed by atoms with E-state index in [1.807, 2.05) is 0 Å². The highest BCUT2D eigenvalue weighted by molar-refractivity contribution is 5.85. The van der Waals surface area contributed by atoms with Crippen molar-refractivity contribution in [3.63, 3.8) is 0 Å². The lowest BCUT2D eigenvalue weighted by atomic mass is 10.00. The van der Waals surface area contributed by atoms with Crippen LogP contribution in [0.1, 0.15) is 32.4 Å². The van der Waals surface area contributed by atoms with Gasteiger partial charge in [0.05, 0.1) is 0 Å². The van der Waals surface area contributed by atoms with Crippen LogP contribution in [0.25, 0.3) is 10.9 Å². The molecule has 1 heteroatoms. The van der Waals surface area contributed by atoms with E-state index in [1.54, 1.807) is 0 Å². The van der Waals surface area contributed by atoms with Crippen molar-refractivity contribution in [1.29, 1.82) is 0 Å². The first-order valence-corrected chi connectivity index (χ1v) is 4.77. The van der Waals surface area contributed by atoms with E-state index >= 15 is 0 Å². The zero-order valence-electron chi connectivity index (χ0n) is 8.39. The van der Waals surface area contributed by atoms with Gasteiger partial charge in [-0.25, -0.2) is 0 Å². The Kier molecular flexibility index (Phi) is 1.87. The van der Waals surface area contributed by atoms with Gasteiger partial charge < -0.3 is 4.98 Å². The smallest absolute Gasteiger partial charge is 0.0458 e. The standard InChI is InChI=1S/C12H15N.H2/c1-8(2)12-9(3)13-11-7-5-4-6-10(11)12;/h4-8,13H,1-3H3;1H. The lowest BCUT2D eigenvalue weighted by Gasteiger charge is -2.04. The molecule has 0 saturated carbocycles. The summed E-state index contributed by atoms with van der Waals surface area (Å²) in [5, 5.41) is 1.37. The monoisotopic (exact) mass is 175 g/mol. The Balaban J connectivity index is 0.000000980. The minimum absolute atomic E-state index is 0. The van der Waals surface area contributed by atoms with Crippen LogP contribution in [0.4, 0.5) is 0 Å². The Morgan fingerprint density at radius 2 is 1.92 bits per heavy atom. The number of aromatic amines is 1. The van der Waals surface area contributed by atoms with Gasteiger partial charge in [-0.05, 0) is 24.5 Å². The molecule has 0 bridgehead atoms. The number of H-pyrrole nitrogens is 1. The van der Waals surface area contributed by atoms with Gasteiger partial charge >= 0.3 is 0 Å². The summed E-state index contributed by atoms with van der Waals surface area (Å²) in [5.74, 6) is 0.594. The average Bonchev–Trinajstić information content (AvgIpc) is 2.39. The zero-order chi connectivity index (χ0) is 9.42. The van der Waals surface area contributed by atoms with E-state index in [2.05, 4.69) is 50.0 Å². The summed E-state index contributed by atoms with van der Waals surface area (Å²) in [5.41, 5.74) is 4.01. The van der Waals surface area contributed by atoms with Gasteiger partial charge in [0.15, 0.2) is 0 Å². The molecule has 0 unspecified atom stereocenters. The number of aromatic nitrogens is 1. The molecule has 1 nitrogen and oxygen atoms in total. The molecule has 0 aliphatic rings. The number of fused-ring (bicyclic) bond motifs is 1. The fourth-order valence-electron chi connectivity index (χ4n) is 2.04. The first-order chi connectivity index (χ1) is 6.20. The second-order valence-corrected chi connectivity index (χ2v) is 3.86. The average molecular weight is 175 g/mol. The van der Waals surface area contributed by atoms with Gasteiger partial charge in [-0.2, -0.15) is 0 Å². The predicted molar refractivity (Wildman–Crippen MR) is 59.2 cm³/mol. The highest BCUT2D eigenvalue weighted by Crippen LogP contribution is 2.28. The molecule has 0 aliphatic heterocycles. The molecule has 2 rings (SSSR count). The van der Waals surface area contributed by atoms with Crippen LogP contribution < -0.4 is 0 Å². The lowest BCUT2D eigenvalue weighted by molar-refractivity contribution is 0.864. The summed E-state index contributed by atoms with van der Waals surface area (Å²) >= 11 is 0. The Hall–Kier alpha value is -1.24. The van der Waals surface area contributed by atoms with Crippen LogP contribution in [-0.4, -0.2) is 4.98 Å². The molecule has 0 fully saturated rings. The maximum absolute atomic E-state index is 3.41. The SMILES string of the molecule is Cc1[nH]c2ccccc2c1C(C)C.[HH]. The summed E-state index contributed by atoms with van der Waals surface area (Å²) in [6.07, 6.45) is 0. The molecule has 1 heterocycles. The second-order valence-electron chi connectivity index (χ2n) is 3.86. The van der Waals surface area contributed by atoms with E-state index in [9.17, 15) is 0 Å². The number of para-hydroxylation sites is 1. The molecule has 0 spiro atoms. The van der Waals surface area contributed by atoms with Crippen molar-refractivity contribution >= 4 is 10.9 Å². The third kappa shape index (κ3) is 1.24. The molecular weight excluding hydrogens is 158 g/mol. The minimum atomic E-state index is 0. The van der Waals surface area contributed by atoms with Crippen molar-refractivity contribution in [2.24, 2.45) is 0 Å². The van der Waals surface area contributed by atoms with Gasteiger partial charge in [0, 0.05) is 18.0 Å². The molecule has 2 aromatic rings. The van der Waals surface area contributed by atoms with E-state index in [0.29, 0.717) is 5.92 Å². The maximum Gasteiger partial charge on any atom is 0.0458 e. The van der Waals surface area contributed by atoms with Crippen molar-refractivity contribution in [3.05, 3.63) is 35.5 Å². The number of nitrogens with one attached hydrogen (secondary N) is 1. The van der Waals surface area contributed by atoms with Crippen LogP contribution in [0.15, 0.2) is 24.3 Å². The fourth-order valence-corrected chi connectivity index (χ4v) is 2.04. The lowest BCUT2D eigenvalue weighted by Crippen LogP contribution is -1.87. The maximum atomic E-state index is 3.41. The van der Waals surface area contributed by atoms with Crippen LogP contribution in [0.3, 0.4) is 0 Å². The van der Waals surface area contributed by atoms with Crippen molar-refractivity contribution < 1.29 is 1.43 Å². The third-order valence-electron chi connectivity index (χ3n) is 2.52. The van der Waals surface area contributed by atoms with Gasteiger partial charge in [0.25, 0.3) is 0 Å². The Morgan fingerprint density at radius 1 is 1.23 bits per heavy atom. The van der Waals surface area contributed by atoms with Gasteiger partial charge in [-0.15, -0.1) is 0 Å². The van der Waals surface area contributed by atoms with Gasteiger partial charge in [0.1, 0.15) is 0 Å². The van der Waals surface area contributed by atoms with Gasteiger partial charge in [0.2, 0.25) is 0 Å². The molecular formula is C12H17N. The molecule has 70 valence electrons. The Labute approximate surface area is 80.3 Å². The second kappa shape index (κ2) is 2.91. The van der Waals surface area contributed by atoms with E-state index in [1.165, 1.54) is 22.2 Å². The summed E-state index contributed by atoms with van der Waals surface area (Å²) in [7, 11) is 0. The van der Waals surface area contributed by atoms with Crippen LogP contribution in [0.2, 0.25) is 0 Å². The predicted octanol–water partition coefficient (Wildman–Crippen LogP) is 3.85. The molecule has 13 heavy (non-hydrogen) atoms. The van der Waals surface area contributed by atoms with Crippen LogP contribution >= 0.6 is 0 Å². The summed E-state index contributed by atoms with van der Waals surface area (Å²) in [6.45, 7) is 6.63. The first kappa shape index (κ1) is 8.36. The molecule has 1 aromatic carbocycles. The highest BCUT2D eigenvalue weighted by atomic mass is 14.7. The van der Waals surface area contributed by atoms with Gasteiger partial charge in [-0.3, -0.25) is 0 Å². The first-order valence-electron chi connectivity index (χ1n) is 4.77. The topological polar surface area (TPSA) is 15.8 Å². The number of hydrogen-bond acceptors (Lipinski definition) is 0. The van der Waals surface area contributed by atoms with E-state index < -0.39 is 0 Å². The summed E-state index contributed by atoms with van der Waals surface area (Å²) < 4.78 is 0. The largest absolute Gasteiger partial charge is 0.358 e. The minimum Gasteiger partial charge on any atom is -0.358 e. The number of hydrogen-bond donors (Lipinski definition) is 1. The molecule has 1 aromatic heterocycles. The number of aryl methyl sites for hydroxylation is 1. The molecule has 0 amide bonds. The van der Waals surface area contributed by atoms with E-state index in [0.717, 1.165) is 0 Å². The van der Waals surface area contributed by atoms with E-state index in [4.69, 9.17) is 0 Å². The Morgan fingerprint density at radius 3 is 2.62 bits per heavy atom. The van der Waals surface area contributed by atoms with Crippen molar-refractivity contribution in [3.8, 4) is 0 Å². The molecule has 0 saturated heterocycles. The van der Waals surface area contributed by atoms with Crippen LogP contribution in [0, 0.1) is 6.92 Å². The number of benzene rings is 1. The van der Waals surface area contributed by atoms with Crippen LogP contribution in [-0.2, 0) is 0 Å². The summed E-state index contributed by atoms with van der Waals surface area (Å²) in [4.78, 5) is 3.41. The van der Waals surface area contributed by atoms with Crippen molar-refractivity contribution in [2.75, 3.05) is 0 Å². The molecule has 0 atom stereocenters. The fraction of sp³-hybridized carbons (Fsp3) is 0.333. The third-order valence-corrected chi connectivity index (χ3v) is 2.52. The quantitative estimate of drug-likeness (QED) is 0.677. The van der Waals surface area contributed by atoms with Gasteiger partial charge in [-0.1, -0.05) is 32.0 Å². The molecule has 0 radical (unpaired) electrons. The normalized spacial score (nSPS) is 11.4. The summed E-state index contributed by atoms with van der Waals surface area (Å²) in [6, 6.07) is 8.49. The van der Waals surface area contributed by atoms with E-state index in [-0.39, 0.29) is 1.43 Å². The van der Waals surface area contributed by atoms with Crippen molar-refractivity contribution in [1.82, 2.24) is 4.98 Å². The Bertz CT molecular complexity index is 429. The highest BCUT2D eigenvalue weighted by Gasteiger charge is 2.09. The van der Waals surface area contributed by atoms with Crippen LogP contribution in [0.5, 0.6) is 0 Å². The molecule has 1 N–H and O–H groups in total. The zero-order valence-corrected chi connectivity index (χ0v) is 8.39.